The number of aromatic nitrogens is 4. The number of rotatable bonds is 3. The van der Waals surface area contributed by atoms with Crippen LogP contribution in [0.1, 0.15) is 16.8 Å². The summed E-state index contributed by atoms with van der Waals surface area (Å²) in [6, 6.07) is 5.73. The molecule has 0 fully saturated rings. The summed E-state index contributed by atoms with van der Waals surface area (Å²) in [4.78, 5) is 12.8. The molecule has 2 aromatic heterocycles. The minimum absolute atomic E-state index is 0.266. The van der Waals surface area contributed by atoms with Gasteiger partial charge in [-0.25, -0.2) is 0 Å². The van der Waals surface area contributed by atoms with Gasteiger partial charge in [0.25, 0.3) is 5.56 Å². The summed E-state index contributed by atoms with van der Waals surface area (Å²) in [5.74, 6) is 0. The summed E-state index contributed by atoms with van der Waals surface area (Å²) in [5, 5.41) is 15.7. The van der Waals surface area contributed by atoms with Crippen LogP contribution >= 0.6 is 11.3 Å². The number of benzene rings is 1. The Kier molecular flexibility index (Phi) is 3.30. The largest absolute Gasteiger partial charge is 0.398 e. The second-order valence-corrected chi connectivity index (χ2v) is 5.64. The smallest absolute Gasteiger partial charge is 0.297 e. The highest BCUT2D eigenvalue weighted by Crippen LogP contribution is 2.17. The normalized spacial score (nSPS) is 11.0. The molecule has 0 atom stereocenters. The van der Waals surface area contributed by atoms with Crippen LogP contribution in [0.4, 0.5) is 10.8 Å². The summed E-state index contributed by atoms with van der Waals surface area (Å²) in [7, 11) is 1.74. The molecule has 3 N–H and O–H groups in total. The van der Waals surface area contributed by atoms with Crippen LogP contribution in [0.5, 0.6) is 0 Å². The van der Waals surface area contributed by atoms with E-state index in [-0.39, 0.29) is 5.56 Å². The topological polar surface area (TPSA) is 98.2 Å². The average molecular weight is 302 g/mol. The fourth-order valence-corrected chi connectivity index (χ4v) is 2.70. The molecule has 2 heterocycles. The number of nitrogens with one attached hydrogen (secondary N) is 1. The number of nitrogens with two attached hydrogens (primary N) is 1. The molecule has 0 aliphatic heterocycles. The lowest BCUT2D eigenvalue weighted by Gasteiger charge is -2.05. The van der Waals surface area contributed by atoms with Crippen LogP contribution in [0.3, 0.4) is 0 Å². The van der Waals surface area contributed by atoms with Gasteiger partial charge in [0.2, 0.25) is 10.1 Å². The first kappa shape index (κ1) is 13.5. The first-order chi connectivity index (χ1) is 10.1. The van der Waals surface area contributed by atoms with Crippen LogP contribution < -0.4 is 16.6 Å². The van der Waals surface area contributed by atoms with Crippen molar-refractivity contribution in [2.45, 2.75) is 13.3 Å². The molecule has 0 unspecified atom stereocenters. The Bertz CT molecular complexity index is 869. The standard InChI is InChI=1S/C13H14N6OS/c1-7-3-4-8(9(14)5-7)6-10-11(20)19-13(17-16-10)21-12(15-2)18-19/h3-5H,6,14H2,1-2H3,(H,15,18). The van der Waals surface area contributed by atoms with Crippen molar-refractivity contribution in [1.82, 2.24) is 19.8 Å². The van der Waals surface area contributed by atoms with Crippen LogP contribution in [0, 0.1) is 6.92 Å². The molecule has 0 amide bonds. The molecule has 0 aliphatic carbocycles. The average Bonchev–Trinajstić information content (AvgIpc) is 2.88. The molecule has 3 aromatic rings. The molecule has 0 saturated carbocycles. The van der Waals surface area contributed by atoms with E-state index < -0.39 is 0 Å². The molecule has 8 heteroatoms. The van der Waals surface area contributed by atoms with E-state index in [2.05, 4.69) is 20.6 Å². The lowest BCUT2D eigenvalue weighted by molar-refractivity contribution is 0.810. The first-order valence-corrected chi connectivity index (χ1v) is 7.18. The Morgan fingerprint density at radius 3 is 2.90 bits per heavy atom. The molecule has 0 saturated heterocycles. The van der Waals surface area contributed by atoms with Crippen molar-refractivity contribution in [3.8, 4) is 0 Å². The zero-order chi connectivity index (χ0) is 15.0. The Balaban J connectivity index is 2.04. The van der Waals surface area contributed by atoms with Gasteiger partial charge in [-0.05, 0) is 24.1 Å². The molecule has 7 nitrogen and oxygen atoms in total. The van der Waals surface area contributed by atoms with E-state index >= 15 is 0 Å². The van der Waals surface area contributed by atoms with Crippen LogP contribution in [0.25, 0.3) is 4.96 Å². The van der Waals surface area contributed by atoms with Gasteiger partial charge in [0, 0.05) is 19.2 Å². The number of hydrogen-bond donors (Lipinski definition) is 2. The zero-order valence-corrected chi connectivity index (χ0v) is 12.4. The van der Waals surface area contributed by atoms with Crippen molar-refractivity contribution in [2.75, 3.05) is 18.1 Å². The van der Waals surface area contributed by atoms with Crippen molar-refractivity contribution >= 4 is 27.1 Å². The molecule has 21 heavy (non-hydrogen) atoms. The summed E-state index contributed by atoms with van der Waals surface area (Å²) in [6.45, 7) is 1.97. The highest BCUT2D eigenvalue weighted by atomic mass is 32.1. The zero-order valence-electron chi connectivity index (χ0n) is 11.6. The number of fused-ring (bicyclic) bond motifs is 1. The third-order valence-electron chi connectivity index (χ3n) is 3.13. The van der Waals surface area contributed by atoms with Gasteiger partial charge in [0.05, 0.1) is 0 Å². The predicted molar refractivity (Wildman–Crippen MR) is 82.9 cm³/mol. The van der Waals surface area contributed by atoms with Crippen molar-refractivity contribution in [1.29, 1.82) is 0 Å². The number of anilines is 2. The highest BCUT2D eigenvalue weighted by Gasteiger charge is 2.13. The second kappa shape index (κ2) is 5.13. The third kappa shape index (κ3) is 2.45. The molecule has 108 valence electrons. The van der Waals surface area contributed by atoms with E-state index in [1.807, 2.05) is 25.1 Å². The quantitative estimate of drug-likeness (QED) is 0.702. The van der Waals surface area contributed by atoms with Crippen molar-refractivity contribution in [3.63, 3.8) is 0 Å². The maximum atomic E-state index is 12.4. The van der Waals surface area contributed by atoms with Gasteiger partial charge >= 0.3 is 0 Å². The van der Waals surface area contributed by atoms with Crippen LogP contribution in [0.15, 0.2) is 23.0 Å². The van der Waals surface area contributed by atoms with Gasteiger partial charge in [-0.15, -0.1) is 15.3 Å². The SMILES string of the molecule is CNc1nn2c(=O)c(Cc3ccc(C)cc3N)nnc2s1. The minimum Gasteiger partial charge on any atom is -0.398 e. The molecular formula is C13H14N6OS. The van der Waals surface area contributed by atoms with Gasteiger partial charge in [0.1, 0.15) is 5.69 Å². The maximum Gasteiger partial charge on any atom is 0.297 e. The van der Waals surface area contributed by atoms with Crippen molar-refractivity contribution < 1.29 is 0 Å². The van der Waals surface area contributed by atoms with Gasteiger partial charge in [-0.1, -0.05) is 23.5 Å². The fraction of sp³-hybridized carbons (Fsp3) is 0.231. The predicted octanol–water partition coefficient (Wildman–Crippen LogP) is 1.07. The number of aryl methyl sites for hydroxylation is 1. The fourth-order valence-electron chi connectivity index (χ4n) is 2.01. The van der Waals surface area contributed by atoms with Crippen LogP contribution in [0.2, 0.25) is 0 Å². The lowest BCUT2D eigenvalue weighted by atomic mass is 10.1. The van der Waals surface area contributed by atoms with E-state index in [9.17, 15) is 4.79 Å². The Morgan fingerprint density at radius 2 is 2.19 bits per heavy atom. The minimum atomic E-state index is -0.266. The third-order valence-corrected chi connectivity index (χ3v) is 4.04. The van der Waals surface area contributed by atoms with Gasteiger partial charge in [0.15, 0.2) is 0 Å². The van der Waals surface area contributed by atoms with E-state index in [0.29, 0.717) is 27.9 Å². The van der Waals surface area contributed by atoms with Gasteiger partial charge in [-0.2, -0.15) is 4.52 Å². The first-order valence-electron chi connectivity index (χ1n) is 6.36. The highest BCUT2D eigenvalue weighted by molar-refractivity contribution is 7.20. The van der Waals surface area contributed by atoms with E-state index in [1.165, 1.54) is 15.9 Å². The second-order valence-electron chi connectivity index (χ2n) is 4.68. The van der Waals surface area contributed by atoms with E-state index in [0.717, 1.165) is 11.1 Å². The Morgan fingerprint density at radius 1 is 1.38 bits per heavy atom. The van der Waals surface area contributed by atoms with Gasteiger partial charge < -0.3 is 11.1 Å². The van der Waals surface area contributed by atoms with E-state index in [4.69, 9.17) is 5.73 Å². The number of hydrogen-bond acceptors (Lipinski definition) is 7. The summed E-state index contributed by atoms with van der Waals surface area (Å²) in [5.41, 5.74) is 8.62. The molecule has 0 radical (unpaired) electrons. The number of nitrogen functional groups attached to an aromatic ring is 1. The Labute approximate surface area is 124 Å². The molecule has 3 rings (SSSR count). The van der Waals surface area contributed by atoms with Crippen molar-refractivity contribution in [3.05, 3.63) is 45.4 Å². The van der Waals surface area contributed by atoms with Gasteiger partial charge in [-0.3, -0.25) is 4.79 Å². The molecular weight excluding hydrogens is 288 g/mol. The maximum absolute atomic E-state index is 12.4. The van der Waals surface area contributed by atoms with Crippen LogP contribution in [-0.4, -0.2) is 26.9 Å². The molecule has 1 aromatic carbocycles. The molecule has 0 aliphatic rings. The summed E-state index contributed by atoms with van der Waals surface area (Å²) in [6.07, 6.45) is 0.341. The van der Waals surface area contributed by atoms with Crippen molar-refractivity contribution in [2.24, 2.45) is 0 Å². The summed E-state index contributed by atoms with van der Waals surface area (Å²) >= 11 is 1.27. The van der Waals surface area contributed by atoms with Crippen LogP contribution in [-0.2, 0) is 6.42 Å². The molecule has 0 spiro atoms. The number of nitrogens with zero attached hydrogens (tertiary/aromatic N) is 4. The Hall–Kier alpha value is -2.48. The monoisotopic (exact) mass is 302 g/mol. The van der Waals surface area contributed by atoms with E-state index in [1.54, 1.807) is 7.05 Å². The molecule has 0 bridgehead atoms. The lowest BCUT2D eigenvalue weighted by Crippen LogP contribution is -2.22. The summed E-state index contributed by atoms with van der Waals surface area (Å²) < 4.78 is 1.27.